The lowest BCUT2D eigenvalue weighted by molar-refractivity contribution is -0.139. The van der Waals surface area contributed by atoms with Crippen LogP contribution in [-0.2, 0) is 12.4 Å². The summed E-state index contributed by atoms with van der Waals surface area (Å²) in [5.74, 6) is -1.04. The van der Waals surface area contributed by atoms with E-state index in [0.717, 1.165) is 12.1 Å². The fraction of sp³-hybridized carbons (Fsp3) is 0.200. The van der Waals surface area contributed by atoms with Gasteiger partial charge in [0, 0.05) is 0 Å². The van der Waals surface area contributed by atoms with Gasteiger partial charge >= 0.3 is 12.4 Å². The quantitative estimate of drug-likeness (QED) is 0.579. The molecular weight excluding hydrogens is 313 g/mol. The minimum atomic E-state index is -4.89. The van der Waals surface area contributed by atoms with Gasteiger partial charge in [0.1, 0.15) is 5.82 Å². The topological polar surface area (TPSA) is 0 Å². The summed E-state index contributed by atoms with van der Waals surface area (Å²) in [7, 11) is 0. The van der Waals surface area contributed by atoms with Crippen molar-refractivity contribution in [1.82, 2.24) is 0 Å². The summed E-state index contributed by atoms with van der Waals surface area (Å²) >= 11 is 0. The molecule has 0 aliphatic carbocycles. The number of benzene rings is 2. The lowest BCUT2D eigenvalue weighted by Crippen LogP contribution is -2.11. The molecule has 0 bridgehead atoms. The van der Waals surface area contributed by atoms with Crippen molar-refractivity contribution in [3.05, 3.63) is 58.9 Å². The zero-order valence-electron chi connectivity index (χ0n) is 11.1. The van der Waals surface area contributed by atoms with Gasteiger partial charge in [0.2, 0.25) is 0 Å². The molecule has 0 heterocycles. The summed E-state index contributed by atoms with van der Waals surface area (Å²) < 4.78 is 91.3. The average molecular weight is 322 g/mol. The average Bonchev–Trinajstić information content (AvgIpc) is 2.35. The lowest BCUT2D eigenvalue weighted by atomic mass is 9.93. The predicted octanol–water partition coefficient (Wildman–Crippen LogP) is 5.84. The Bertz CT molecular complexity index is 635. The van der Waals surface area contributed by atoms with E-state index in [1.165, 1.54) is 6.92 Å². The van der Waals surface area contributed by atoms with Crippen LogP contribution >= 0.6 is 0 Å². The molecule has 2 aromatic carbocycles. The third kappa shape index (κ3) is 3.23. The van der Waals surface area contributed by atoms with Crippen LogP contribution in [0.3, 0.4) is 0 Å². The molecule has 0 amide bonds. The van der Waals surface area contributed by atoms with E-state index in [9.17, 15) is 30.7 Å². The summed E-state index contributed by atoms with van der Waals surface area (Å²) in [5.41, 5.74) is -3.75. The molecule has 2 rings (SSSR count). The Morgan fingerprint density at radius 1 is 0.682 bits per heavy atom. The molecule has 7 heteroatoms. The van der Waals surface area contributed by atoms with Crippen LogP contribution in [-0.4, -0.2) is 0 Å². The van der Waals surface area contributed by atoms with Crippen molar-refractivity contribution < 1.29 is 30.7 Å². The molecule has 0 aliphatic rings. The van der Waals surface area contributed by atoms with E-state index < -0.39 is 40.4 Å². The monoisotopic (exact) mass is 322 g/mol. The van der Waals surface area contributed by atoms with Gasteiger partial charge in [-0.05, 0) is 42.3 Å². The van der Waals surface area contributed by atoms with Crippen molar-refractivity contribution in [2.75, 3.05) is 0 Å². The van der Waals surface area contributed by atoms with Gasteiger partial charge in [-0.1, -0.05) is 17.7 Å². The molecule has 0 aliphatic heterocycles. The highest BCUT2D eigenvalue weighted by atomic mass is 19.4. The Morgan fingerprint density at radius 2 is 1.14 bits per heavy atom. The Morgan fingerprint density at radius 3 is 1.64 bits per heavy atom. The van der Waals surface area contributed by atoms with Crippen LogP contribution in [0.25, 0.3) is 11.1 Å². The first-order chi connectivity index (χ1) is 10.00. The molecule has 0 saturated carbocycles. The van der Waals surface area contributed by atoms with Crippen molar-refractivity contribution in [2.24, 2.45) is 0 Å². The van der Waals surface area contributed by atoms with Gasteiger partial charge in [-0.15, -0.1) is 0 Å². The second-order valence-corrected chi connectivity index (χ2v) is 4.73. The first-order valence-corrected chi connectivity index (χ1v) is 6.05. The number of hydrogen-bond donors (Lipinski definition) is 0. The van der Waals surface area contributed by atoms with E-state index in [-0.39, 0.29) is 0 Å². The molecule has 0 N–H and O–H groups in total. The molecule has 0 atom stereocenters. The summed E-state index contributed by atoms with van der Waals surface area (Å²) in [5, 5.41) is 0. The number of rotatable bonds is 1. The maximum atomic E-state index is 13.3. The summed E-state index contributed by atoms with van der Waals surface area (Å²) in [4.78, 5) is 0. The largest absolute Gasteiger partial charge is 0.417 e. The van der Waals surface area contributed by atoms with E-state index in [1.54, 1.807) is 0 Å². The third-order valence-electron chi connectivity index (χ3n) is 3.06. The highest BCUT2D eigenvalue weighted by Crippen LogP contribution is 2.43. The fourth-order valence-corrected chi connectivity index (χ4v) is 2.11. The van der Waals surface area contributed by atoms with Crippen LogP contribution in [0.15, 0.2) is 36.4 Å². The number of aryl methyl sites for hydroxylation is 1. The van der Waals surface area contributed by atoms with Crippen LogP contribution in [0.5, 0.6) is 0 Å². The van der Waals surface area contributed by atoms with Crippen LogP contribution in [0.2, 0.25) is 0 Å². The molecule has 0 nitrogen and oxygen atoms in total. The fourth-order valence-electron chi connectivity index (χ4n) is 2.11. The number of alkyl halides is 6. The third-order valence-corrected chi connectivity index (χ3v) is 3.06. The Hall–Kier alpha value is -2.05. The van der Waals surface area contributed by atoms with Gasteiger partial charge in [0.05, 0.1) is 11.1 Å². The van der Waals surface area contributed by atoms with Crippen molar-refractivity contribution in [1.29, 1.82) is 0 Å². The second kappa shape index (κ2) is 5.30. The van der Waals surface area contributed by atoms with Gasteiger partial charge in [0.25, 0.3) is 0 Å². The highest BCUT2D eigenvalue weighted by molar-refractivity contribution is 5.72. The molecule has 0 fully saturated rings. The zero-order valence-corrected chi connectivity index (χ0v) is 11.1. The van der Waals surface area contributed by atoms with Gasteiger partial charge in [-0.2, -0.15) is 26.3 Å². The zero-order chi connectivity index (χ0) is 16.7. The first-order valence-electron chi connectivity index (χ1n) is 6.05. The van der Waals surface area contributed by atoms with Crippen LogP contribution < -0.4 is 0 Å². The van der Waals surface area contributed by atoms with Gasteiger partial charge < -0.3 is 0 Å². The normalized spacial score (nSPS) is 12.5. The SMILES string of the molecule is Cc1ccc(C(F)(F)F)c(-c2cc(F)ccc2C(F)(F)F)c1. The molecule has 2 aromatic rings. The second-order valence-electron chi connectivity index (χ2n) is 4.73. The van der Waals surface area contributed by atoms with Gasteiger partial charge in [-0.25, -0.2) is 4.39 Å². The predicted molar refractivity (Wildman–Crippen MR) is 66.6 cm³/mol. The van der Waals surface area contributed by atoms with Crippen molar-refractivity contribution in [2.45, 2.75) is 19.3 Å². The standard InChI is InChI=1S/C15H9F7/c1-8-2-4-12(14(17,18)19)10(6-8)11-7-9(16)3-5-13(11)15(20,21)22/h2-7H,1H3. The summed E-state index contributed by atoms with van der Waals surface area (Å²) in [6.07, 6.45) is -9.74. The molecule has 0 saturated heterocycles. The number of hydrogen-bond acceptors (Lipinski definition) is 0. The van der Waals surface area contributed by atoms with Gasteiger partial charge in [0.15, 0.2) is 0 Å². The Kier molecular flexibility index (Phi) is 3.93. The summed E-state index contributed by atoms with van der Waals surface area (Å²) in [6.45, 7) is 1.44. The van der Waals surface area contributed by atoms with Crippen LogP contribution in [0.1, 0.15) is 16.7 Å². The van der Waals surface area contributed by atoms with Crippen LogP contribution in [0.4, 0.5) is 30.7 Å². The minimum Gasteiger partial charge on any atom is -0.207 e. The molecule has 0 unspecified atom stereocenters. The maximum absolute atomic E-state index is 13.3. The number of halogens is 7. The Balaban J connectivity index is 2.82. The molecule has 0 radical (unpaired) electrons. The highest BCUT2D eigenvalue weighted by Gasteiger charge is 2.38. The van der Waals surface area contributed by atoms with E-state index in [2.05, 4.69) is 0 Å². The molecule has 0 spiro atoms. The smallest absolute Gasteiger partial charge is 0.207 e. The molecule has 0 aromatic heterocycles. The minimum absolute atomic E-state index is 0.334. The Labute approximate surface area is 121 Å². The molecule has 22 heavy (non-hydrogen) atoms. The van der Waals surface area contributed by atoms with Crippen LogP contribution in [0, 0.1) is 12.7 Å². The molecular formula is C15H9F7. The van der Waals surface area contributed by atoms with E-state index in [1.807, 2.05) is 0 Å². The van der Waals surface area contributed by atoms with Crippen molar-refractivity contribution >= 4 is 0 Å². The van der Waals surface area contributed by atoms with Gasteiger partial charge in [-0.3, -0.25) is 0 Å². The van der Waals surface area contributed by atoms with E-state index in [0.29, 0.717) is 29.8 Å². The van der Waals surface area contributed by atoms with E-state index in [4.69, 9.17) is 0 Å². The van der Waals surface area contributed by atoms with E-state index >= 15 is 0 Å². The van der Waals surface area contributed by atoms with Crippen molar-refractivity contribution in [3.8, 4) is 11.1 Å². The van der Waals surface area contributed by atoms with Crippen molar-refractivity contribution in [3.63, 3.8) is 0 Å². The first kappa shape index (κ1) is 16.3. The lowest BCUT2D eigenvalue weighted by Gasteiger charge is -2.18. The molecule has 118 valence electrons. The summed E-state index contributed by atoms with van der Waals surface area (Å²) in [6, 6.07) is 4.26. The maximum Gasteiger partial charge on any atom is 0.417 e.